The normalized spacial score (nSPS) is 11.1. The first kappa shape index (κ1) is 19.1. The van der Waals surface area contributed by atoms with Gasteiger partial charge in [-0.3, -0.25) is 4.79 Å². The van der Waals surface area contributed by atoms with Crippen LogP contribution in [0.4, 0.5) is 0 Å². The summed E-state index contributed by atoms with van der Waals surface area (Å²) in [5.74, 6) is 1.04. The number of hydrogen-bond donors (Lipinski definition) is 2. The molecule has 0 radical (unpaired) electrons. The smallest absolute Gasteiger partial charge is 0.251 e. The third kappa shape index (κ3) is 5.40. The Morgan fingerprint density at radius 2 is 1.74 bits per heavy atom. The summed E-state index contributed by atoms with van der Waals surface area (Å²) >= 11 is 1.11. The lowest BCUT2D eigenvalue weighted by Crippen LogP contribution is -2.25. The maximum absolute atomic E-state index is 12.3. The average Bonchev–Trinajstić information content (AvgIpc) is 3.12. The summed E-state index contributed by atoms with van der Waals surface area (Å²) in [6, 6.07) is 19.4. The fraction of sp³-hybridized carbons (Fsp3) is 0.105. The molecule has 0 bridgehead atoms. The van der Waals surface area contributed by atoms with Gasteiger partial charge in [0.05, 0.1) is 0 Å². The number of nitrogens with two attached hydrogens (primary N) is 1. The van der Waals surface area contributed by atoms with Gasteiger partial charge < -0.3 is 10.1 Å². The first-order chi connectivity index (χ1) is 12.9. The first-order valence-corrected chi connectivity index (χ1v) is 10.5. The van der Waals surface area contributed by atoms with Crippen LogP contribution in [0.1, 0.15) is 15.2 Å². The van der Waals surface area contributed by atoms with Gasteiger partial charge in [0, 0.05) is 17.0 Å². The lowest BCUT2D eigenvalue weighted by atomic mass is 10.2. The van der Waals surface area contributed by atoms with Crippen molar-refractivity contribution in [2.45, 2.75) is 10.6 Å². The van der Waals surface area contributed by atoms with Gasteiger partial charge in [-0.15, -0.1) is 11.3 Å². The zero-order valence-corrected chi connectivity index (χ0v) is 15.9. The second-order valence-electron chi connectivity index (χ2n) is 5.71. The van der Waals surface area contributed by atoms with E-state index in [1.807, 2.05) is 30.3 Å². The van der Waals surface area contributed by atoms with Crippen LogP contribution in [-0.2, 0) is 16.4 Å². The van der Waals surface area contributed by atoms with Crippen LogP contribution in [0.15, 0.2) is 70.9 Å². The van der Waals surface area contributed by atoms with Gasteiger partial charge in [0.15, 0.2) is 0 Å². The number of hydrogen-bond acceptors (Lipinski definition) is 5. The minimum absolute atomic E-state index is 0.120. The number of thiophene rings is 1. The topological polar surface area (TPSA) is 98.5 Å². The second-order valence-corrected chi connectivity index (χ2v) is 8.67. The van der Waals surface area contributed by atoms with Crippen molar-refractivity contribution in [2.75, 3.05) is 6.54 Å². The molecular formula is C19H18N2O4S2. The molecule has 0 fully saturated rings. The number of carbonyl (C=O) groups excluding carboxylic acids is 1. The summed E-state index contributed by atoms with van der Waals surface area (Å²) in [4.78, 5) is 13.2. The Morgan fingerprint density at radius 3 is 2.44 bits per heavy atom. The summed E-state index contributed by atoms with van der Waals surface area (Å²) in [7, 11) is -3.68. The molecule has 27 heavy (non-hydrogen) atoms. The van der Waals surface area contributed by atoms with Crippen molar-refractivity contribution >= 4 is 27.3 Å². The van der Waals surface area contributed by atoms with Gasteiger partial charge in [0.1, 0.15) is 15.7 Å². The quantitative estimate of drug-likeness (QED) is 0.634. The fourth-order valence-corrected chi connectivity index (χ4v) is 4.15. The molecule has 0 saturated heterocycles. The molecule has 8 heteroatoms. The van der Waals surface area contributed by atoms with Gasteiger partial charge in [-0.05, 0) is 48.9 Å². The lowest BCUT2D eigenvalue weighted by Gasteiger charge is -2.08. The fourth-order valence-electron chi connectivity index (χ4n) is 2.37. The number of sulfonamides is 1. The van der Waals surface area contributed by atoms with Crippen LogP contribution >= 0.6 is 11.3 Å². The molecule has 6 nitrogen and oxygen atoms in total. The monoisotopic (exact) mass is 402 g/mol. The third-order valence-corrected chi connectivity index (χ3v) is 6.23. The van der Waals surface area contributed by atoms with E-state index in [1.165, 1.54) is 6.07 Å². The SMILES string of the molecule is NS(=O)(=O)c1ccc(CCNC(=O)c2cccc(Oc3ccccc3)c2)s1. The van der Waals surface area contributed by atoms with Crippen LogP contribution in [0, 0.1) is 0 Å². The Labute approximate surface area is 161 Å². The minimum atomic E-state index is -3.68. The van der Waals surface area contributed by atoms with E-state index in [0.29, 0.717) is 30.0 Å². The zero-order chi connectivity index (χ0) is 19.3. The number of ether oxygens (including phenoxy) is 1. The van der Waals surface area contributed by atoms with Gasteiger partial charge in [0.2, 0.25) is 10.0 Å². The Balaban J connectivity index is 1.56. The van der Waals surface area contributed by atoms with Crippen molar-refractivity contribution in [1.82, 2.24) is 5.32 Å². The Hall–Kier alpha value is -2.68. The third-order valence-electron chi connectivity index (χ3n) is 3.65. The number of amides is 1. The maximum atomic E-state index is 12.3. The van der Waals surface area contributed by atoms with E-state index < -0.39 is 10.0 Å². The standard InChI is InChI=1S/C19H18N2O4S2/c20-27(23,24)18-10-9-17(26-18)11-12-21-19(22)14-5-4-8-16(13-14)25-15-6-2-1-3-7-15/h1-10,13H,11-12H2,(H,21,22)(H2,20,23,24). The van der Waals surface area contributed by atoms with Crippen molar-refractivity contribution in [3.63, 3.8) is 0 Å². The summed E-state index contributed by atoms with van der Waals surface area (Å²) in [6.45, 7) is 0.382. The number of nitrogens with one attached hydrogen (secondary N) is 1. The van der Waals surface area contributed by atoms with E-state index in [9.17, 15) is 13.2 Å². The van der Waals surface area contributed by atoms with Crippen LogP contribution in [0.3, 0.4) is 0 Å². The molecule has 0 aliphatic rings. The summed E-state index contributed by atoms with van der Waals surface area (Å²) in [5, 5.41) is 7.91. The highest BCUT2D eigenvalue weighted by molar-refractivity contribution is 7.91. The summed E-state index contributed by atoms with van der Waals surface area (Å²) in [6.07, 6.45) is 0.520. The van der Waals surface area contributed by atoms with Crippen molar-refractivity contribution < 1.29 is 17.9 Å². The molecule has 0 saturated carbocycles. The van der Waals surface area contributed by atoms with E-state index in [4.69, 9.17) is 9.88 Å². The van der Waals surface area contributed by atoms with Crippen molar-refractivity contribution in [3.05, 3.63) is 77.2 Å². The highest BCUT2D eigenvalue weighted by atomic mass is 32.2. The molecule has 3 rings (SSSR count). The first-order valence-electron chi connectivity index (χ1n) is 8.14. The molecule has 2 aromatic carbocycles. The van der Waals surface area contributed by atoms with Crippen LogP contribution in [0.2, 0.25) is 0 Å². The van der Waals surface area contributed by atoms with E-state index in [-0.39, 0.29) is 10.1 Å². The van der Waals surface area contributed by atoms with Crippen LogP contribution in [0.25, 0.3) is 0 Å². The molecule has 0 aliphatic carbocycles. The Morgan fingerprint density at radius 1 is 1.00 bits per heavy atom. The van der Waals surface area contributed by atoms with Crippen LogP contribution in [-0.4, -0.2) is 20.9 Å². The van der Waals surface area contributed by atoms with E-state index in [2.05, 4.69) is 5.32 Å². The van der Waals surface area contributed by atoms with Crippen molar-refractivity contribution in [1.29, 1.82) is 0 Å². The van der Waals surface area contributed by atoms with E-state index in [0.717, 1.165) is 16.2 Å². The molecule has 0 atom stereocenters. The van der Waals surface area contributed by atoms with Gasteiger partial charge >= 0.3 is 0 Å². The Kier molecular flexibility index (Phi) is 5.90. The summed E-state index contributed by atoms with van der Waals surface area (Å²) < 4.78 is 28.4. The highest BCUT2D eigenvalue weighted by Gasteiger charge is 2.12. The van der Waals surface area contributed by atoms with Gasteiger partial charge in [-0.2, -0.15) is 0 Å². The molecule has 1 heterocycles. The predicted molar refractivity (Wildman–Crippen MR) is 105 cm³/mol. The number of primary sulfonamides is 1. The second kappa shape index (κ2) is 8.34. The number of carbonyl (C=O) groups is 1. The Bertz CT molecular complexity index is 1030. The predicted octanol–water partition coefficient (Wildman–Crippen LogP) is 3.16. The van der Waals surface area contributed by atoms with E-state index >= 15 is 0 Å². The van der Waals surface area contributed by atoms with Crippen molar-refractivity contribution in [3.8, 4) is 11.5 Å². The number of benzene rings is 2. The maximum Gasteiger partial charge on any atom is 0.251 e. The van der Waals surface area contributed by atoms with Gasteiger partial charge in [-0.1, -0.05) is 24.3 Å². The van der Waals surface area contributed by atoms with Gasteiger partial charge in [-0.25, -0.2) is 13.6 Å². The number of para-hydroxylation sites is 1. The number of rotatable bonds is 7. The van der Waals surface area contributed by atoms with Crippen LogP contribution in [0.5, 0.6) is 11.5 Å². The molecular weight excluding hydrogens is 384 g/mol. The molecule has 0 unspecified atom stereocenters. The highest BCUT2D eigenvalue weighted by Crippen LogP contribution is 2.22. The molecule has 3 N–H and O–H groups in total. The van der Waals surface area contributed by atoms with Gasteiger partial charge in [0.25, 0.3) is 5.91 Å². The molecule has 0 spiro atoms. The minimum Gasteiger partial charge on any atom is -0.457 e. The molecule has 140 valence electrons. The average molecular weight is 402 g/mol. The zero-order valence-electron chi connectivity index (χ0n) is 14.3. The molecule has 3 aromatic rings. The van der Waals surface area contributed by atoms with Crippen LogP contribution < -0.4 is 15.2 Å². The van der Waals surface area contributed by atoms with Crippen molar-refractivity contribution in [2.24, 2.45) is 5.14 Å². The summed E-state index contributed by atoms with van der Waals surface area (Å²) in [5.41, 5.74) is 0.486. The molecule has 1 amide bonds. The molecule has 0 aliphatic heterocycles. The van der Waals surface area contributed by atoms with E-state index in [1.54, 1.807) is 30.3 Å². The largest absolute Gasteiger partial charge is 0.457 e. The molecule has 1 aromatic heterocycles. The lowest BCUT2D eigenvalue weighted by molar-refractivity contribution is 0.0954.